The maximum absolute atomic E-state index is 12.9. The molecule has 0 aliphatic rings. The average molecular weight is 345 g/mol. The van der Waals surface area contributed by atoms with Gasteiger partial charge in [0.05, 0.1) is 12.7 Å². The van der Waals surface area contributed by atoms with Crippen molar-refractivity contribution in [1.29, 1.82) is 0 Å². The number of carboxylic acid groups (broad SMARTS) is 1. The van der Waals surface area contributed by atoms with Crippen LogP contribution in [-0.2, 0) is 16.0 Å². The number of amides is 1. The number of nitrogens with one attached hydrogen (secondary N) is 1. The van der Waals surface area contributed by atoms with Crippen LogP contribution in [0.3, 0.4) is 0 Å². The largest absolute Gasteiger partial charge is 0.480 e. The van der Waals surface area contributed by atoms with Gasteiger partial charge in [0.25, 0.3) is 5.91 Å². The molecule has 0 unspecified atom stereocenters. The molecule has 2 aromatic rings. The molecule has 0 bridgehead atoms. The second-order valence-corrected chi connectivity index (χ2v) is 5.27. The number of methoxy groups -OCH3 is 1. The lowest BCUT2D eigenvalue weighted by atomic mass is 10.0. The lowest BCUT2D eigenvalue weighted by molar-refractivity contribution is -0.139. The molecule has 2 N–H and O–H groups in total. The fourth-order valence-corrected chi connectivity index (χ4v) is 2.20. The van der Waals surface area contributed by atoms with Crippen LogP contribution in [0.1, 0.15) is 26.3 Å². The summed E-state index contributed by atoms with van der Waals surface area (Å²) in [5.74, 6) is -2.89. The fourth-order valence-electron chi connectivity index (χ4n) is 2.20. The summed E-state index contributed by atoms with van der Waals surface area (Å²) in [4.78, 5) is 35.2. The van der Waals surface area contributed by atoms with Gasteiger partial charge in [0.15, 0.2) is 0 Å². The van der Waals surface area contributed by atoms with Gasteiger partial charge in [-0.2, -0.15) is 0 Å². The number of hydrogen-bond acceptors (Lipinski definition) is 4. The monoisotopic (exact) mass is 345 g/mol. The maximum atomic E-state index is 12.9. The summed E-state index contributed by atoms with van der Waals surface area (Å²) in [7, 11) is 1.22. The standard InChI is InChI=1S/C18H16FNO5/c1-25-18(24)13-4-2-3-12(10-13)16(21)20-15(17(22)23)9-11-5-7-14(19)8-6-11/h2-8,10,15H,9H2,1H3,(H,20,21)(H,22,23)/t15-/m1/s1. The Bertz CT molecular complexity index is 788. The Morgan fingerprint density at radius 2 is 1.76 bits per heavy atom. The van der Waals surface area contributed by atoms with Gasteiger partial charge in [0.2, 0.25) is 0 Å². The summed E-state index contributed by atoms with van der Waals surface area (Å²) < 4.78 is 17.5. The number of aliphatic carboxylic acids is 1. The maximum Gasteiger partial charge on any atom is 0.337 e. The normalized spacial score (nSPS) is 11.4. The molecule has 0 aromatic heterocycles. The molecule has 2 rings (SSSR count). The highest BCUT2D eigenvalue weighted by atomic mass is 19.1. The van der Waals surface area contributed by atoms with E-state index in [2.05, 4.69) is 10.1 Å². The summed E-state index contributed by atoms with van der Waals surface area (Å²) in [6.45, 7) is 0. The van der Waals surface area contributed by atoms with E-state index in [1.165, 1.54) is 55.6 Å². The third kappa shape index (κ3) is 4.87. The van der Waals surface area contributed by atoms with Gasteiger partial charge >= 0.3 is 11.9 Å². The summed E-state index contributed by atoms with van der Waals surface area (Å²) in [5, 5.41) is 11.7. The molecule has 1 amide bonds. The molecule has 0 aliphatic heterocycles. The van der Waals surface area contributed by atoms with Crippen LogP contribution in [0.2, 0.25) is 0 Å². The first-order valence-electron chi connectivity index (χ1n) is 7.37. The molecule has 25 heavy (non-hydrogen) atoms. The lowest BCUT2D eigenvalue weighted by Crippen LogP contribution is -2.42. The highest BCUT2D eigenvalue weighted by molar-refractivity contribution is 5.99. The number of ether oxygens (including phenoxy) is 1. The number of carboxylic acids is 1. The molecule has 0 fully saturated rings. The summed E-state index contributed by atoms with van der Waals surface area (Å²) >= 11 is 0. The van der Waals surface area contributed by atoms with Crippen molar-refractivity contribution in [3.05, 3.63) is 71.0 Å². The molecule has 0 saturated carbocycles. The molecule has 6 nitrogen and oxygen atoms in total. The van der Waals surface area contributed by atoms with Crippen LogP contribution >= 0.6 is 0 Å². The van der Waals surface area contributed by atoms with Crippen molar-refractivity contribution >= 4 is 17.8 Å². The van der Waals surface area contributed by atoms with Crippen molar-refractivity contribution in [3.63, 3.8) is 0 Å². The molecule has 0 aliphatic carbocycles. The first-order valence-corrected chi connectivity index (χ1v) is 7.37. The van der Waals surface area contributed by atoms with Crippen LogP contribution in [0.15, 0.2) is 48.5 Å². The zero-order valence-electron chi connectivity index (χ0n) is 13.4. The zero-order valence-corrected chi connectivity index (χ0v) is 13.4. The number of hydrogen-bond donors (Lipinski definition) is 2. The third-order valence-electron chi connectivity index (χ3n) is 3.50. The van der Waals surface area contributed by atoms with Crippen molar-refractivity contribution in [2.24, 2.45) is 0 Å². The zero-order chi connectivity index (χ0) is 18.4. The number of carbonyl (C=O) groups is 3. The van der Waals surface area contributed by atoms with Crippen molar-refractivity contribution < 1.29 is 28.6 Å². The highest BCUT2D eigenvalue weighted by Crippen LogP contribution is 2.09. The Morgan fingerprint density at radius 1 is 1.12 bits per heavy atom. The molecule has 0 saturated heterocycles. The van der Waals surface area contributed by atoms with Crippen molar-refractivity contribution in [2.75, 3.05) is 7.11 Å². The van der Waals surface area contributed by atoms with Gasteiger partial charge in [0, 0.05) is 12.0 Å². The number of halogens is 1. The molecule has 0 heterocycles. The molecule has 1 atom stereocenters. The van der Waals surface area contributed by atoms with Crippen molar-refractivity contribution in [2.45, 2.75) is 12.5 Å². The first kappa shape index (κ1) is 18.1. The van der Waals surface area contributed by atoms with Crippen LogP contribution in [0, 0.1) is 5.82 Å². The van der Waals surface area contributed by atoms with Gasteiger partial charge in [-0.15, -0.1) is 0 Å². The fraction of sp³-hybridized carbons (Fsp3) is 0.167. The minimum absolute atomic E-state index is 0.00194. The second kappa shape index (κ2) is 8.05. The number of esters is 1. The van der Waals surface area contributed by atoms with E-state index in [-0.39, 0.29) is 17.5 Å². The van der Waals surface area contributed by atoms with E-state index in [0.717, 1.165) is 0 Å². The second-order valence-electron chi connectivity index (χ2n) is 5.27. The van der Waals surface area contributed by atoms with Crippen molar-refractivity contribution in [1.82, 2.24) is 5.32 Å². The van der Waals surface area contributed by atoms with Gasteiger partial charge in [0.1, 0.15) is 11.9 Å². The average Bonchev–Trinajstić information content (AvgIpc) is 2.62. The Labute approximate surface area is 143 Å². The quantitative estimate of drug-likeness (QED) is 0.782. The summed E-state index contributed by atoms with van der Waals surface area (Å²) in [6.07, 6.45) is -0.00194. The Hall–Kier alpha value is -3.22. The smallest absolute Gasteiger partial charge is 0.337 e. The van der Waals surface area contributed by atoms with E-state index in [0.29, 0.717) is 5.56 Å². The molecule has 2 aromatic carbocycles. The minimum atomic E-state index is -1.22. The van der Waals surface area contributed by atoms with E-state index in [1.54, 1.807) is 0 Å². The Morgan fingerprint density at radius 3 is 2.36 bits per heavy atom. The Kier molecular flexibility index (Phi) is 5.84. The predicted molar refractivity (Wildman–Crippen MR) is 86.8 cm³/mol. The van der Waals surface area contributed by atoms with Gasteiger partial charge in [-0.1, -0.05) is 18.2 Å². The predicted octanol–water partition coefficient (Wildman–Crippen LogP) is 2.04. The van der Waals surface area contributed by atoms with Gasteiger partial charge < -0.3 is 15.2 Å². The summed E-state index contributed by atoms with van der Waals surface area (Å²) in [5.41, 5.74) is 0.881. The molecule has 0 radical (unpaired) electrons. The lowest BCUT2D eigenvalue weighted by Gasteiger charge is -2.15. The van der Waals surface area contributed by atoms with Crippen LogP contribution in [0.4, 0.5) is 4.39 Å². The number of carbonyl (C=O) groups excluding carboxylic acids is 2. The van der Waals surface area contributed by atoms with Crippen LogP contribution < -0.4 is 5.32 Å². The third-order valence-corrected chi connectivity index (χ3v) is 3.50. The molecule has 130 valence electrons. The molecular weight excluding hydrogens is 329 g/mol. The van der Waals surface area contributed by atoms with E-state index in [9.17, 15) is 23.9 Å². The summed E-state index contributed by atoms with van der Waals surface area (Å²) in [6, 6.07) is 9.90. The SMILES string of the molecule is COC(=O)c1cccc(C(=O)N[C@H](Cc2ccc(F)cc2)C(=O)O)c1. The van der Waals surface area contributed by atoms with Gasteiger partial charge in [-0.05, 0) is 35.9 Å². The van der Waals surface area contributed by atoms with Gasteiger partial charge in [-0.3, -0.25) is 4.79 Å². The molecule has 0 spiro atoms. The van der Waals surface area contributed by atoms with E-state index in [1.807, 2.05) is 0 Å². The number of benzene rings is 2. The van der Waals surface area contributed by atoms with Crippen LogP contribution in [-0.4, -0.2) is 36.1 Å². The van der Waals surface area contributed by atoms with E-state index < -0.39 is 29.7 Å². The first-order chi connectivity index (χ1) is 11.9. The van der Waals surface area contributed by atoms with Crippen molar-refractivity contribution in [3.8, 4) is 0 Å². The van der Waals surface area contributed by atoms with Crippen LogP contribution in [0.25, 0.3) is 0 Å². The Balaban J connectivity index is 2.13. The van der Waals surface area contributed by atoms with Crippen LogP contribution in [0.5, 0.6) is 0 Å². The van der Waals surface area contributed by atoms with E-state index >= 15 is 0 Å². The minimum Gasteiger partial charge on any atom is -0.480 e. The number of rotatable bonds is 6. The molecular formula is C18H16FNO5. The topological polar surface area (TPSA) is 92.7 Å². The molecule has 7 heteroatoms. The van der Waals surface area contributed by atoms with Gasteiger partial charge in [-0.25, -0.2) is 14.0 Å². The van der Waals surface area contributed by atoms with E-state index in [4.69, 9.17) is 0 Å². The highest BCUT2D eigenvalue weighted by Gasteiger charge is 2.21.